The van der Waals surface area contributed by atoms with Crippen LogP contribution in [0.25, 0.3) is 0 Å². The van der Waals surface area contributed by atoms with E-state index in [1.807, 2.05) is 49.4 Å². The molecule has 2 rings (SSSR count). The topological polar surface area (TPSA) is 35.2 Å². The van der Waals surface area contributed by atoms with Crippen LogP contribution in [0.3, 0.4) is 0 Å². The van der Waals surface area contributed by atoms with Crippen LogP contribution in [-0.2, 0) is 6.42 Å². The van der Waals surface area contributed by atoms with Crippen molar-refractivity contribution < 1.29 is 4.74 Å². The first kappa shape index (κ1) is 13.1. The molecule has 3 heteroatoms. The van der Waals surface area contributed by atoms with E-state index in [4.69, 9.17) is 10.5 Å². The molecule has 0 spiro atoms. The molecule has 0 aromatic heterocycles. The maximum atomic E-state index is 5.81. The van der Waals surface area contributed by atoms with Crippen LogP contribution in [0.1, 0.15) is 12.5 Å². The summed E-state index contributed by atoms with van der Waals surface area (Å²) in [4.78, 5) is 0. The third kappa shape index (κ3) is 3.86. The predicted molar refractivity (Wildman–Crippen MR) is 78.0 cm³/mol. The average Bonchev–Trinajstić information content (AvgIpc) is 2.28. The van der Waals surface area contributed by atoms with Crippen molar-refractivity contribution in [3.63, 3.8) is 0 Å². The minimum absolute atomic E-state index is 0.158. The van der Waals surface area contributed by atoms with Gasteiger partial charge in [0.25, 0.3) is 0 Å². The van der Waals surface area contributed by atoms with Crippen molar-refractivity contribution in [2.45, 2.75) is 19.4 Å². The Balaban J connectivity index is 2.14. The molecule has 2 N–H and O–H groups in total. The van der Waals surface area contributed by atoms with Crippen LogP contribution >= 0.6 is 15.9 Å². The Morgan fingerprint density at radius 1 is 1.11 bits per heavy atom. The van der Waals surface area contributed by atoms with Crippen LogP contribution in [0.5, 0.6) is 11.5 Å². The van der Waals surface area contributed by atoms with Crippen LogP contribution in [0.4, 0.5) is 0 Å². The van der Waals surface area contributed by atoms with E-state index in [-0.39, 0.29) is 6.04 Å². The van der Waals surface area contributed by atoms with Crippen LogP contribution in [-0.4, -0.2) is 6.04 Å². The molecule has 94 valence electrons. The largest absolute Gasteiger partial charge is 0.457 e. The summed E-state index contributed by atoms with van der Waals surface area (Å²) in [6.45, 7) is 2.00. The minimum Gasteiger partial charge on any atom is -0.457 e. The molecule has 0 aliphatic carbocycles. The molecule has 0 saturated carbocycles. The molecule has 0 heterocycles. The molecule has 0 bridgehead atoms. The second-order valence-electron chi connectivity index (χ2n) is 4.39. The van der Waals surface area contributed by atoms with Gasteiger partial charge in [0.05, 0.1) is 0 Å². The molecule has 0 saturated heterocycles. The maximum Gasteiger partial charge on any atom is 0.128 e. The van der Waals surface area contributed by atoms with E-state index < -0.39 is 0 Å². The Morgan fingerprint density at radius 2 is 1.78 bits per heavy atom. The molecule has 1 unspecified atom stereocenters. The Kier molecular flexibility index (Phi) is 4.39. The highest BCUT2D eigenvalue weighted by molar-refractivity contribution is 9.10. The molecule has 0 fully saturated rings. The summed E-state index contributed by atoms with van der Waals surface area (Å²) in [5.41, 5.74) is 6.99. The van der Waals surface area contributed by atoms with E-state index in [9.17, 15) is 0 Å². The van der Waals surface area contributed by atoms with Gasteiger partial charge < -0.3 is 10.5 Å². The number of ether oxygens (including phenoxy) is 1. The third-order valence-corrected chi connectivity index (χ3v) is 2.98. The molecule has 0 amide bonds. The van der Waals surface area contributed by atoms with Gasteiger partial charge in [0.1, 0.15) is 11.5 Å². The zero-order valence-corrected chi connectivity index (χ0v) is 11.9. The van der Waals surface area contributed by atoms with Gasteiger partial charge in [-0.25, -0.2) is 0 Å². The molecular weight excluding hydrogens is 290 g/mol. The summed E-state index contributed by atoms with van der Waals surface area (Å²) in [5, 5.41) is 0. The quantitative estimate of drug-likeness (QED) is 0.921. The first-order valence-electron chi connectivity index (χ1n) is 5.91. The van der Waals surface area contributed by atoms with E-state index in [2.05, 4.69) is 22.0 Å². The fourth-order valence-corrected chi connectivity index (χ4v) is 2.15. The second kappa shape index (κ2) is 6.03. The summed E-state index contributed by atoms with van der Waals surface area (Å²) in [5.74, 6) is 1.66. The summed E-state index contributed by atoms with van der Waals surface area (Å²) < 4.78 is 6.82. The number of hydrogen-bond acceptors (Lipinski definition) is 2. The number of rotatable bonds is 4. The molecule has 2 aromatic rings. The lowest BCUT2D eigenvalue weighted by atomic mass is 10.1. The third-order valence-electron chi connectivity index (χ3n) is 2.49. The Hall–Kier alpha value is -1.32. The molecule has 0 radical (unpaired) electrons. The zero-order valence-electron chi connectivity index (χ0n) is 10.3. The van der Waals surface area contributed by atoms with Crippen molar-refractivity contribution in [3.05, 3.63) is 58.6 Å². The van der Waals surface area contributed by atoms with Gasteiger partial charge in [-0.2, -0.15) is 0 Å². The molecule has 2 aromatic carbocycles. The van der Waals surface area contributed by atoms with Gasteiger partial charge in [-0.1, -0.05) is 34.1 Å². The lowest BCUT2D eigenvalue weighted by Crippen LogP contribution is -2.17. The highest BCUT2D eigenvalue weighted by atomic mass is 79.9. The fourth-order valence-electron chi connectivity index (χ4n) is 1.77. The van der Waals surface area contributed by atoms with Gasteiger partial charge in [-0.3, -0.25) is 0 Å². The number of benzene rings is 2. The Morgan fingerprint density at radius 3 is 2.44 bits per heavy atom. The predicted octanol–water partition coefficient (Wildman–Crippen LogP) is 4.13. The van der Waals surface area contributed by atoms with Crippen molar-refractivity contribution in [1.82, 2.24) is 0 Å². The van der Waals surface area contributed by atoms with E-state index in [1.54, 1.807) is 0 Å². The van der Waals surface area contributed by atoms with Gasteiger partial charge >= 0.3 is 0 Å². The van der Waals surface area contributed by atoms with Crippen molar-refractivity contribution in [2.24, 2.45) is 5.73 Å². The number of hydrogen-bond donors (Lipinski definition) is 1. The molecule has 2 nitrogen and oxygen atoms in total. The highest BCUT2D eigenvalue weighted by Crippen LogP contribution is 2.25. The highest BCUT2D eigenvalue weighted by Gasteiger charge is 2.02. The maximum absolute atomic E-state index is 5.81. The Bertz CT molecular complexity index is 525. The molecule has 0 aliphatic rings. The van der Waals surface area contributed by atoms with E-state index in [1.165, 1.54) is 5.56 Å². The average molecular weight is 306 g/mol. The van der Waals surface area contributed by atoms with Gasteiger partial charge in [0, 0.05) is 10.5 Å². The van der Waals surface area contributed by atoms with Crippen molar-refractivity contribution in [2.75, 3.05) is 0 Å². The summed E-state index contributed by atoms with van der Waals surface area (Å²) >= 11 is 3.43. The number of halogens is 1. The number of nitrogens with two attached hydrogens (primary N) is 1. The summed E-state index contributed by atoms with van der Waals surface area (Å²) in [7, 11) is 0. The minimum atomic E-state index is 0.158. The Labute approximate surface area is 116 Å². The molecular formula is C15H16BrNO. The molecule has 0 aliphatic heterocycles. The van der Waals surface area contributed by atoms with Crippen LogP contribution in [0.2, 0.25) is 0 Å². The second-order valence-corrected chi connectivity index (χ2v) is 5.30. The summed E-state index contributed by atoms with van der Waals surface area (Å²) in [6.07, 6.45) is 0.857. The van der Waals surface area contributed by atoms with Gasteiger partial charge in [0.2, 0.25) is 0 Å². The van der Waals surface area contributed by atoms with Crippen LogP contribution < -0.4 is 10.5 Å². The fraction of sp³-hybridized carbons (Fsp3) is 0.200. The van der Waals surface area contributed by atoms with Gasteiger partial charge in [-0.05, 0) is 49.2 Å². The van der Waals surface area contributed by atoms with Gasteiger partial charge in [-0.15, -0.1) is 0 Å². The lowest BCUT2D eigenvalue weighted by Gasteiger charge is -2.09. The standard InChI is InChI=1S/C15H16BrNO/c1-11(17)8-12-4-2-6-14(9-12)18-15-7-3-5-13(16)10-15/h2-7,9-11H,8,17H2,1H3. The first-order chi connectivity index (χ1) is 8.63. The van der Waals surface area contributed by atoms with E-state index >= 15 is 0 Å². The van der Waals surface area contributed by atoms with Crippen molar-refractivity contribution in [1.29, 1.82) is 0 Å². The monoisotopic (exact) mass is 305 g/mol. The molecule has 18 heavy (non-hydrogen) atoms. The lowest BCUT2D eigenvalue weighted by molar-refractivity contribution is 0.481. The smallest absolute Gasteiger partial charge is 0.128 e. The van der Waals surface area contributed by atoms with Crippen molar-refractivity contribution >= 4 is 15.9 Å². The van der Waals surface area contributed by atoms with Crippen LogP contribution in [0, 0.1) is 0 Å². The first-order valence-corrected chi connectivity index (χ1v) is 6.71. The van der Waals surface area contributed by atoms with Gasteiger partial charge in [0.15, 0.2) is 0 Å². The normalized spacial score (nSPS) is 12.2. The zero-order chi connectivity index (χ0) is 13.0. The SMILES string of the molecule is CC(N)Cc1cccc(Oc2cccc(Br)c2)c1. The summed E-state index contributed by atoms with van der Waals surface area (Å²) in [6, 6.07) is 16.0. The molecule has 1 atom stereocenters. The van der Waals surface area contributed by atoms with Crippen molar-refractivity contribution in [3.8, 4) is 11.5 Å². The van der Waals surface area contributed by atoms with Crippen LogP contribution in [0.15, 0.2) is 53.0 Å². The van der Waals surface area contributed by atoms with E-state index in [0.29, 0.717) is 0 Å². The van der Waals surface area contributed by atoms with E-state index in [0.717, 1.165) is 22.4 Å².